The Morgan fingerprint density at radius 3 is 2.22 bits per heavy atom. The summed E-state index contributed by atoms with van der Waals surface area (Å²) < 4.78 is 10.7. The van der Waals surface area contributed by atoms with Crippen LogP contribution in [0.4, 0.5) is 0 Å². The van der Waals surface area contributed by atoms with E-state index in [1.165, 1.54) is 11.1 Å². The maximum Gasteiger partial charge on any atom is 0.119 e. The molecule has 2 aromatic carbocycles. The molecule has 0 amide bonds. The summed E-state index contributed by atoms with van der Waals surface area (Å²) in [6, 6.07) is 17.0. The van der Waals surface area contributed by atoms with Gasteiger partial charge in [0.05, 0.1) is 20.3 Å². The predicted molar refractivity (Wildman–Crippen MR) is 92.3 cm³/mol. The maximum atomic E-state index is 5.41. The van der Waals surface area contributed by atoms with Crippen molar-refractivity contribution in [1.29, 1.82) is 0 Å². The average molecular weight is 312 g/mol. The number of hydrogen-bond acceptors (Lipinski definition) is 4. The molecule has 1 aliphatic heterocycles. The summed E-state index contributed by atoms with van der Waals surface area (Å²) in [6.07, 6.45) is 0. The molecule has 1 unspecified atom stereocenters. The van der Waals surface area contributed by atoms with Gasteiger partial charge in [-0.3, -0.25) is 4.90 Å². The Bertz CT molecular complexity index is 622. The molecule has 0 aromatic heterocycles. The minimum absolute atomic E-state index is 0.234. The lowest BCUT2D eigenvalue weighted by molar-refractivity contribution is 0.198. The Kier molecular flexibility index (Phi) is 5.16. The van der Waals surface area contributed by atoms with Crippen molar-refractivity contribution in [3.8, 4) is 11.5 Å². The van der Waals surface area contributed by atoms with Crippen LogP contribution in [0.25, 0.3) is 0 Å². The second-order valence-corrected chi connectivity index (χ2v) is 5.74. The topological polar surface area (TPSA) is 33.7 Å². The van der Waals surface area contributed by atoms with Gasteiger partial charge in [-0.05, 0) is 35.4 Å². The quantitative estimate of drug-likeness (QED) is 0.920. The number of rotatable bonds is 5. The van der Waals surface area contributed by atoms with E-state index in [0.29, 0.717) is 0 Å². The van der Waals surface area contributed by atoms with Gasteiger partial charge in [0.25, 0.3) is 0 Å². The van der Waals surface area contributed by atoms with Crippen LogP contribution in [0.3, 0.4) is 0 Å². The first-order chi connectivity index (χ1) is 11.3. The highest BCUT2D eigenvalue weighted by molar-refractivity contribution is 5.39. The summed E-state index contributed by atoms with van der Waals surface area (Å²) in [5.41, 5.74) is 2.54. The number of hydrogen-bond donors (Lipinski definition) is 1. The van der Waals surface area contributed by atoms with E-state index < -0.39 is 0 Å². The maximum absolute atomic E-state index is 5.41. The largest absolute Gasteiger partial charge is 0.497 e. The van der Waals surface area contributed by atoms with E-state index in [-0.39, 0.29) is 6.04 Å². The van der Waals surface area contributed by atoms with E-state index in [4.69, 9.17) is 9.47 Å². The zero-order valence-corrected chi connectivity index (χ0v) is 13.8. The lowest BCUT2D eigenvalue weighted by Crippen LogP contribution is -2.45. The molecule has 122 valence electrons. The number of methoxy groups -OCH3 is 2. The van der Waals surface area contributed by atoms with Gasteiger partial charge in [0.15, 0.2) is 0 Å². The summed E-state index contributed by atoms with van der Waals surface area (Å²) in [7, 11) is 3.41. The van der Waals surface area contributed by atoms with Crippen LogP contribution >= 0.6 is 0 Å². The zero-order chi connectivity index (χ0) is 16.1. The Balaban J connectivity index is 1.97. The lowest BCUT2D eigenvalue weighted by atomic mass is 9.96. The first-order valence-electron chi connectivity index (χ1n) is 8.04. The second-order valence-electron chi connectivity index (χ2n) is 5.74. The summed E-state index contributed by atoms with van der Waals surface area (Å²) in [6.45, 7) is 4.12. The van der Waals surface area contributed by atoms with E-state index in [9.17, 15) is 0 Å². The molecule has 4 heteroatoms. The van der Waals surface area contributed by atoms with Crippen molar-refractivity contribution in [2.75, 3.05) is 40.4 Å². The minimum Gasteiger partial charge on any atom is -0.497 e. The van der Waals surface area contributed by atoms with Gasteiger partial charge in [-0.1, -0.05) is 24.3 Å². The Morgan fingerprint density at radius 2 is 1.57 bits per heavy atom. The van der Waals surface area contributed by atoms with Crippen molar-refractivity contribution in [2.24, 2.45) is 0 Å². The minimum atomic E-state index is 0.234. The molecule has 1 atom stereocenters. The van der Waals surface area contributed by atoms with Crippen molar-refractivity contribution in [3.63, 3.8) is 0 Å². The predicted octanol–water partition coefficient (Wildman–Crippen LogP) is 2.70. The molecule has 0 saturated carbocycles. The molecule has 0 radical (unpaired) electrons. The third-order valence-corrected chi connectivity index (χ3v) is 4.36. The lowest BCUT2D eigenvalue weighted by Gasteiger charge is -2.35. The molecule has 2 aromatic rings. The molecule has 0 aliphatic carbocycles. The molecule has 1 aliphatic rings. The molecule has 1 N–H and O–H groups in total. The van der Waals surface area contributed by atoms with E-state index in [1.807, 2.05) is 18.2 Å². The van der Waals surface area contributed by atoms with Crippen LogP contribution < -0.4 is 14.8 Å². The van der Waals surface area contributed by atoms with Gasteiger partial charge in [-0.15, -0.1) is 0 Å². The van der Waals surface area contributed by atoms with Crippen LogP contribution in [-0.4, -0.2) is 45.3 Å². The van der Waals surface area contributed by atoms with Crippen molar-refractivity contribution in [3.05, 3.63) is 59.7 Å². The van der Waals surface area contributed by atoms with Crippen LogP contribution in [0, 0.1) is 0 Å². The third kappa shape index (κ3) is 3.66. The highest BCUT2D eigenvalue weighted by Gasteiger charge is 2.24. The van der Waals surface area contributed by atoms with Crippen molar-refractivity contribution in [1.82, 2.24) is 10.2 Å². The van der Waals surface area contributed by atoms with Crippen molar-refractivity contribution < 1.29 is 9.47 Å². The average Bonchev–Trinajstić information content (AvgIpc) is 2.64. The van der Waals surface area contributed by atoms with E-state index in [2.05, 4.69) is 40.5 Å². The molecule has 1 fully saturated rings. The molecule has 3 rings (SSSR count). The van der Waals surface area contributed by atoms with Gasteiger partial charge in [0.1, 0.15) is 11.5 Å². The smallest absolute Gasteiger partial charge is 0.119 e. The van der Waals surface area contributed by atoms with Gasteiger partial charge in [-0.25, -0.2) is 0 Å². The van der Waals surface area contributed by atoms with Crippen LogP contribution in [-0.2, 0) is 0 Å². The third-order valence-electron chi connectivity index (χ3n) is 4.36. The van der Waals surface area contributed by atoms with Crippen LogP contribution in [0.5, 0.6) is 11.5 Å². The second kappa shape index (κ2) is 7.49. The normalized spacial score (nSPS) is 16.8. The first-order valence-corrected chi connectivity index (χ1v) is 8.04. The highest BCUT2D eigenvalue weighted by Crippen LogP contribution is 2.31. The van der Waals surface area contributed by atoms with Crippen molar-refractivity contribution >= 4 is 0 Å². The van der Waals surface area contributed by atoms with E-state index >= 15 is 0 Å². The van der Waals surface area contributed by atoms with E-state index in [0.717, 1.165) is 37.7 Å². The summed E-state index contributed by atoms with van der Waals surface area (Å²) in [5.74, 6) is 1.79. The Labute approximate surface area is 138 Å². The summed E-state index contributed by atoms with van der Waals surface area (Å²) in [4.78, 5) is 2.52. The molecule has 0 bridgehead atoms. The van der Waals surface area contributed by atoms with Gasteiger partial charge >= 0.3 is 0 Å². The SMILES string of the molecule is COc1ccc(C(c2cccc(OC)c2)N2CCNCC2)cc1. The fourth-order valence-corrected chi connectivity index (χ4v) is 3.15. The van der Waals surface area contributed by atoms with Crippen LogP contribution in [0.1, 0.15) is 17.2 Å². The summed E-state index contributed by atoms with van der Waals surface area (Å²) >= 11 is 0. The molecule has 1 heterocycles. The zero-order valence-electron chi connectivity index (χ0n) is 13.8. The number of nitrogens with one attached hydrogen (secondary N) is 1. The summed E-state index contributed by atoms with van der Waals surface area (Å²) in [5, 5.41) is 3.43. The first kappa shape index (κ1) is 15.8. The molecular formula is C19H24N2O2. The van der Waals surface area contributed by atoms with Gasteiger partial charge in [0.2, 0.25) is 0 Å². The van der Waals surface area contributed by atoms with Gasteiger partial charge < -0.3 is 14.8 Å². The number of benzene rings is 2. The van der Waals surface area contributed by atoms with Crippen LogP contribution in [0.15, 0.2) is 48.5 Å². The molecule has 0 spiro atoms. The molecule has 4 nitrogen and oxygen atoms in total. The Morgan fingerprint density at radius 1 is 0.870 bits per heavy atom. The van der Waals surface area contributed by atoms with Gasteiger partial charge in [-0.2, -0.15) is 0 Å². The van der Waals surface area contributed by atoms with Crippen molar-refractivity contribution in [2.45, 2.75) is 6.04 Å². The van der Waals surface area contributed by atoms with Gasteiger partial charge in [0, 0.05) is 26.2 Å². The molecule has 1 saturated heterocycles. The van der Waals surface area contributed by atoms with E-state index in [1.54, 1.807) is 14.2 Å². The number of nitrogens with zero attached hydrogens (tertiary/aromatic N) is 1. The molecular weight excluding hydrogens is 288 g/mol. The standard InChI is InChI=1S/C19H24N2O2/c1-22-17-8-6-15(7-9-17)19(21-12-10-20-11-13-21)16-4-3-5-18(14-16)23-2/h3-9,14,19-20H,10-13H2,1-2H3. The highest BCUT2D eigenvalue weighted by atomic mass is 16.5. The van der Waals surface area contributed by atoms with Crippen LogP contribution in [0.2, 0.25) is 0 Å². The fourth-order valence-electron chi connectivity index (χ4n) is 3.15. The fraction of sp³-hybridized carbons (Fsp3) is 0.368. The number of ether oxygens (including phenoxy) is 2. The molecule has 23 heavy (non-hydrogen) atoms. The Hall–Kier alpha value is -2.04. The monoisotopic (exact) mass is 312 g/mol. The number of piperazine rings is 1.